The molecule has 0 aliphatic heterocycles. The Bertz CT molecular complexity index is 3840. The molecule has 0 fully saturated rings. The first-order valence-electron chi connectivity index (χ1n) is 22.6. The highest BCUT2D eigenvalue weighted by Gasteiger charge is 2.35. The van der Waals surface area contributed by atoms with Crippen LogP contribution in [0.25, 0.3) is 98.8 Å². The lowest BCUT2D eigenvalue weighted by Crippen LogP contribution is -2.16. The topological polar surface area (TPSA) is 16.4 Å². The summed E-state index contributed by atoms with van der Waals surface area (Å²) in [6.45, 7) is 4.71. The third-order valence-corrected chi connectivity index (χ3v) is 14.0. The number of benzene rings is 11. The average Bonchev–Trinajstić information content (AvgIpc) is 3.87. The minimum absolute atomic E-state index is 0.126. The summed E-state index contributed by atoms with van der Waals surface area (Å²) in [6.07, 6.45) is 0. The third-order valence-electron chi connectivity index (χ3n) is 14.0. The zero-order valence-electron chi connectivity index (χ0n) is 36.2. The predicted octanol–water partition coefficient (Wildman–Crippen LogP) is 17.8. The molecule has 0 saturated heterocycles. The van der Waals surface area contributed by atoms with Gasteiger partial charge in [0.2, 0.25) is 0 Å². The quantitative estimate of drug-likeness (QED) is 0.155. The Balaban J connectivity index is 1.00. The van der Waals surface area contributed by atoms with Gasteiger partial charge < -0.3 is 9.32 Å². The zero-order chi connectivity index (χ0) is 43.2. The summed E-state index contributed by atoms with van der Waals surface area (Å²) in [5, 5.41) is 9.49. The summed E-state index contributed by atoms with van der Waals surface area (Å²) in [4.78, 5) is 2.40. The lowest BCUT2D eigenvalue weighted by atomic mass is 9.82. The van der Waals surface area contributed by atoms with Crippen LogP contribution in [0.3, 0.4) is 0 Å². The number of hydrogen-bond acceptors (Lipinski definition) is 2. The fraction of sp³-hybridized carbons (Fsp3) is 0.0476. The van der Waals surface area contributed by atoms with Gasteiger partial charge in [-0.3, -0.25) is 0 Å². The number of hydrogen-bond donors (Lipinski definition) is 0. The Morgan fingerprint density at radius 3 is 1.66 bits per heavy atom. The van der Waals surface area contributed by atoms with E-state index in [0.29, 0.717) is 0 Å². The van der Waals surface area contributed by atoms with Gasteiger partial charge in [0.05, 0.1) is 0 Å². The van der Waals surface area contributed by atoms with Gasteiger partial charge in [-0.25, -0.2) is 0 Å². The van der Waals surface area contributed by atoms with E-state index in [-0.39, 0.29) is 5.41 Å². The van der Waals surface area contributed by atoms with Gasteiger partial charge in [-0.05, 0) is 132 Å². The van der Waals surface area contributed by atoms with Gasteiger partial charge in [0, 0.05) is 44.2 Å². The Hall–Kier alpha value is -8.20. The first-order valence-corrected chi connectivity index (χ1v) is 22.6. The SMILES string of the molecule is CC1(C)c2ccccc2-c2ccc(N(c3ccc(-c4ccccc4)cc3)c3ccc(-c4cc(-c5ccc6ccccc6c5)cc5c4oc4c6ccccc6c6ccccc6c54)cc3)cc21. The van der Waals surface area contributed by atoms with Crippen LogP contribution in [-0.4, -0.2) is 0 Å². The van der Waals surface area contributed by atoms with Gasteiger partial charge in [-0.2, -0.15) is 0 Å². The van der Waals surface area contributed by atoms with Crippen molar-refractivity contribution in [2.75, 3.05) is 4.90 Å². The van der Waals surface area contributed by atoms with Gasteiger partial charge in [0.25, 0.3) is 0 Å². The Morgan fingerprint density at radius 1 is 0.323 bits per heavy atom. The minimum Gasteiger partial charge on any atom is -0.455 e. The van der Waals surface area contributed by atoms with Crippen molar-refractivity contribution >= 4 is 71.3 Å². The molecule has 2 heteroatoms. The zero-order valence-corrected chi connectivity index (χ0v) is 36.2. The summed E-state index contributed by atoms with van der Waals surface area (Å²) >= 11 is 0. The van der Waals surface area contributed by atoms with Gasteiger partial charge in [0.1, 0.15) is 11.2 Å². The molecule has 0 radical (unpaired) electrons. The van der Waals surface area contributed by atoms with Crippen molar-refractivity contribution in [2.45, 2.75) is 19.3 Å². The number of furan rings is 1. The van der Waals surface area contributed by atoms with Crippen molar-refractivity contribution in [1.82, 2.24) is 0 Å². The normalized spacial score (nSPS) is 12.9. The summed E-state index contributed by atoms with van der Waals surface area (Å²) in [5.41, 5.74) is 17.2. The van der Waals surface area contributed by atoms with E-state index in [4.69, 9.17) is 4.42 Å². The molecule has 0 bridgehead atoms. The number of fused-ring (bicyclic) bond motifs is 12. The van der Waals surface area contributed by atoms with Gasteiger partial charge >= 0.3 is 0 Å². The highest BCUT2D eigenvalue weighted by molar-refractivity contribution is 6.31. The maximum absolute atomic E-state index is 7.16. The fourth-order valence-electron chi connectivity index (χ4n) is 10.8. The van der Waals surface area contributed by atoms with E-state index in [2.05, 4.69) is 243 Å². The first kappa shape index (κ1) is 37.4. The molecule has 0 amide bonds. The lowest BCUT2D eigenvalue weighted by molar-refractivity contribution is 0.660. The average molecular weight is 830 g/mol. The van der Waals surface area contributed by atoms with Crippen LogP contribution in [-0.2, 0) is 5.41 Å². The van der Waals surface area contributed by atoms with Crippen molar-refractivity contribution in [3.05, 3.63) is 236 Å². The highest BCUT2D eigenvalue weighted by Crippen LogP contribution is 2.51. The smallest absolute Gasteiger partial charge is 0.143 e. The molecule has 65 heavy (non-hydrogen) atoms. The summed E-state index contributed by atoms with van der Waals surface area (Å²) < 4.78 is 7.16. The van der Waals surface area contributed by atoms with Crippen LogP contribution in [0.1, 0.15) is 25.0 Å². The van der Waals surface area contributed by atoms with Gasteiger partial charge in [-0.1, -0.05) is 184 Å². The molecule has 0 unspecified atom stereocenters. The molecule has 306 valence electrons. The van der Waals surface area contributed by atoms with Crippen LogP contribution in [0.15, 0.2) is 229 Å². The maximum Gasteiger partial charge on any atom is 0.143 e. The first-order chi connectivity index (χ1) is 32.0. The monoisotopic (exact) mass is 829 g/mol. The standard InChI is InChI=1S/C63H43NO/c1-63(2)58-23-13-12-20-52(58)53-35-34-49(39-59(53)63)64(47-30-26-42(27-31-47)40-14-4-3-5-15-40)48-32-28-43(29-33-48)56-37-46(45-25-24-41-16-6-7-17-44(41)36-45)38-57-60-54-21-10-8-18-50(54)51-19-9-11-22-55(51)62(60)65-61(56)57/h3-39H,1-2H3. The van der Waals surface area contributed by atoms with Crippen LogP contribution >= 0.6 is 0 Å². The Morgan fingerprint density at radius 2 is 0.892 bits per heavy atom. The van der Waals surface area contributed by atoms with Crippen LogP contribution in [0, 0.1) is 0 Å². The van der Waals surface area contributed by atoms with Crippen molar-refractivity contribution in [1.29, 1.82) is 0 Å². The molecule has 0 atom stereocenters. The second kappa shape index (κ2) is 14.4. The lowest BCUT2D eigenvalue weighted by Gasteiger charge is -2.28. The van der Waals surface area contributed by atoms with E-state index in [1.54, 1.807) is 0 Å². The molecular weight excluding hydrogens is 787 g/mol. The molecule has 1 aliphatic carbocycles. The maximum atomic E-state index is 7.16. The second-order valence-electron chi connectivity index (χ2n) is 18.1. The fourth-order valence-corrected chi connectivity index (χ4v) is 10.8. The van der Waals surface area contributed by atoms with E-state index in [1.165, 1.54) is 65.9 Å². The van der Waals surface area contributed by atoms with Gasteiger partial charge in [-0.15, -0.1) is 0 Å². The number of anilines is 3. The van der Waals surface area contributed by atoms with Crippen LogP contribution in [0.2, 0.25) is 0 Å². The predicted molar refractivity (Wildman–Crippen MR) is 275 cm³/mol. The molecule has 1 aromatic heterocycles. The highest BCUT2D eigenvalue weighted by atomic mass is 16.3. The Labute approximate surface area is 378 Å². The number of rotatable bonds is 6. The second-order valence-corrected chi connectivity index (χ2v) is 18.1. The van der Waals surface area contributed by atoms with E-state index in [9.17, 15) is 0 Å². The third kappa shape index (κ3) is 5.88. The summed E-state index contributed by atoms with van der Waals surface area (Å²) in [5.74, 6) is 0. The van der Waals surface area contributed by atoms with E-state index < -0.39 is 0 Å². The molecule has 12 aromatic rings. The van der Waals surface area contributed by atoms with Crippen molar-refractivity contribution in [3.8, 4) is 44.5 Å². The van der Waals surface area contributed by atoms with Crippen LogP contribution in [0.5, 0.6) is 0 Å². The molecule has 0 spiro atoms. The van der Waals surface area contributed by atoms with Crippen LogP contribution in [0.4, 0.5) is 17.1 Å². The van der Waals surface area contributed by atoms with Gasteiger partial charge in [0.15, 0.2) is 0 Å². The van der Waals surface area contributed by atoms with Crippen LogP contribution < -0.4 is 4.90 Å². The molecule has 0 N–H and O–H groups in total. The van der Waals surface area contributed by atoms with E-state index in [1.807, 2.05) is 0 Å². The largest absolute Gasteiger partial charge is 0.455 e. The summed E-state index contributed by atoms with van der Waals surface area (Å²) in [6, 6.07) is 82.1. The van der Waals surface area contributed by atoms with Crippen molar-refractivity contribution < 1.29 is 4.42 Å². The van der Waals surface area contributed by atoms with E-state index >= 15 is 0 Å². The molecule has 2 nitrogen and oxygen atoms in total. The Kier molecular flexibility index (Phi) is 8.29. The van der Waals surface area contributed by atoms with Crippen molar-refractivity contribution in [2.24, 2.45) is 0 Å². The molecule has 1 heterocycles. The summed E-state index contributed by atoms with van der Waals surface area (Å²) in [7, 11) is 0. The molecule has 1 aliphatic rings. The molecule has 11 aromatic carbocycles. The van der Waals surface area contributed by atoms with E-state index in [0.717, 1.165) is 61.1 Å². The molecule has 0 saturated carbocycles. The molecule has 13 rings (SSSR count). The minimum atomic E-state index is -0.126. The van der Waals surface area contributed by atoms with Crippen molar-refractivity contribution in [3.63, 3.8) is 0 Å². The molecular formula is C63H43NO. The number of nitrogens with zero attached hydrogens (tertiary/aromatic N) is 1.